The molecule has 0 aliphatic rings. The third-order valence-electron chi connectivity index (χ3n) is 12.3. The Morgan fingerprint density at radius 1 is 0.386 bits per heavy atom. The quantitative estimate of drug-likeness (QED) is 0.0522. The number of benzene rings is 8. The van der Waals surface area contributed by atoms with E-state index in [2.05, 4.69) is 55.4 Å². The zero-order valence-corrected chi connectivity index (χ0v) is 50.8. The summed E-state index contributed by atoms with van der Waals surface area (Å²) in [6.07, 6.45) is 3.92. The number of primary amides is 1. The van der Waals surface area contributed by atoms with E-state index in [4.69, 9.17) is 5.73 Å². The van der Waals surface area contributed by atoms with E-state index >= 15 is 0 Å². The van der Waals surface area contributed by atoms with Crippen LogP contribution in [0.1, 0.15) is 71.3 Å². The summed E-state index contributed by atoms with van der Waals surface area (Å²) in [6.45, 7) is 29.6. The van der Waals surface area contributed by atoms with Gasteiger partial charge in [-0.1, -0.05) is 282 Å². The predicted molar refractivity (Wildman–Crippen MR) is 358 cm³/mol. The van der Waals surface area contributed by atoms with Crippen LogP contribution in [-0.2, 0) is 68.0 Å². The van der Waals surface area contributed by atoms with E-state index in [-0.39, 0.29) is 35.6 Å². The summed E-state index contributed by atoms with van der Waals surface area (Å²) >= 11 is 0. The van der Waals surface area contributed by atoms with Crippen molar-refractivity contribution in [1.29, 1.82) is 0 Å². The van der Waals surface area contributed by atoms with Crippen LogP contribution in [0.2, 0.25) is 0 Å². The molecule has 0 spiro atoms. The lowest BCUT2D eigenvalue weighted by atomic mass is 9.99. The van der Waals surface area contributed by atoms with Crippen LogP contribution in [-0.4, -0.2) is 45.2 Å². The van der Waals surface area contributed by atoms with Crippen molar-refractivity contribution < 1.29 is 28.8 Å². The summed E-state index contributed by atoms with van der Waals surface area (Å²) in [6, 6.07) is 79.2. The van der Waals surface area contributed by atoms with Gasteiger partial charge in [0.15, 0.2) is 0 Å². The molecule has 12 heteroatoms. The van der Waals surface area contributed by atoms with Crippen LogP contribution < -0.4 is 21.7 Å². The summed E-state index contributed by atoms with van der Waals surface area (Å²) in [5.74, 6) is -0.893. The summed E-state index contributed by atoms with van der Waals surface area (Å²) in [7, 11) is 0. The Bertz CT molecular complexity index is 3280. The number of rotatable bonds is 21. The minimum atomic E-state index is -0.435. The number of carbonyl (C=O) groups excluding carboxylic acids is 6. The highest BCUT2D eigenvalue weighted by Gasteiger charge is 2.17. The van der Waals surface area contributed by atoms with Gasteiger partial charge in [-0.2, -0.15) is 0 Å². The molecule has 0 radical (unpaired) electrons. The molecule has 5 N–H and O–H groups in total. The Hall–Kier alpha value is -11.0. The molecule has 88 heavy (non-hydrogen) atoms. The van der Waals surface area contributed by atoms with E-state index in [0.29, 0.717) is 56.0 Å². The molecule has 8 rings (SSSR count). The highest BCUT2D eigenvalue weighted by molar-refractivity contribution is 5.93. The smallest absolute Gasteiger partial charge is 0.249 e. The molecular formula is C76H82N6O6. The molecule has 452 valence electrons. The van der Waals surface area contributed by atoms with E-state index < -0.39 is 5.91 Å². The molecule has 8 aromatic rings. The average molecular weight is 1180 g/mol. The van der Waals surface area contributed by atoms with Gasteiger partial charge in [-0.25, -0.2) is 0 Å². The Morgan fingerprint density at radius 3 is 0.943 bits per heavy atom. The number of nitrogens with one attached hydrogen (secondary N) is 3. The fraction of sp³-hybridized carbons (Fsp3) is 0.132. The lowest BCUT2D eigenvalue weighted by Gasteiger charge is -2.23. The van der Waals surface area contributed by atoms with Crippen molar-refractivity contribution in [2.75, 3.05) is 0 Å². The Labute approximate surface area is 520 Å². The number of hydrogen-bond donors (Lipinski definition) is 4. The zero-order valence-electron chi connectivity index (χ0n) is 50.8. The van der Waals surface area contributed by atoms with Crippen LogP contribution >= 0.6 is 0 Å². The van der Waals surface area contributed by atoms with Crippen molar-refractivity contribution in [1.82, 2.24) is 25.8 Å². The second-order valence-electron chi connectivity index (χ2n) is 19.8. The minimum absolute atomic E-state index is 0.00212. The van der Waals surface area contributed by atoms with Crippen LogP contribution in [0.3, 0.4) is 0 Å². The van der Waals surface area contributed by atoms with E-state index in [0.717, 1.165) is 44.5 Å². The molecule has 0 fully saturated rings. The van der Waals surface area contributed by atoms with Gasteiger partial charge in [0, 0.05) is 56.0 Å². The van der Waals surface area contributed by atoms with Gasteiger partial charge in [-0.05, 0) is 83.5 Å². The van der Waals surface area contributed by atoms with Gasteiger partial charge in [0.2, 0.25) is 35.4 Å². The standard InChI is InChI=1S/C18H19NO.C17H17NO.C16H15NO.C11H13NO.C10H11NO.C4H7NO/c1-15(2)18(20)19(13-16-9-5-3-6-10-16)14-17-11-7-4-8-12-17;1-2-17(19)18(13-15-9-5-3-6-10-15)14-16-11-7-4-8-12-16;1-2-15(18)17-16(13-9-5-3-6-10-13)14-11-7-4-8-12-14;1-9(2)11(13)12-8-10-6-4-3-5-7-10;1-2-10(12)11-8-9-6-4-3-5-7-9;1-3(2)4(5)6/h3-12H,1,13-14H2,2H3;2-12H,1,13-14H2;2-12,16H,1H2,(H,17,18);3-7H,1,8H2,2H3,(H,12,13);2-7H,1,8H2,(H,11,12);1H2,2H3,(H2,5,6). The van der Waals surface area contributed by atoms with Crippen molar-refractivity contribution in [3.8, 4) is 0 Å². The van der Waals surface area contributed by atoms with Crippen LogP contribution in [0.25, 0.3) is 0 Å². The summed E-state index contributed by atoms with van der Waals surface area (Å²) in [5, 5.41) is 8.39. The van der Waals surface area contributed by atoms with Gasteiger partial charge in [-0.15, -0.1) is 0 Å². The molecule has 0 heterocycles. The second-order valence-corrected chi connectivity index (χ2v) is 19.8. The van der Waals surface area contributed by atoms with E-state index in [9.17, 15) is 28.8 Å². The fourth-order valence-corrected chi connectivity index (χ4v) is 7.66. The number of carbonyl (C=O) groups is 6. The largest absolute Gasteiger partial charge is 0.366 e. The summed E-state index contributed by atoms with van der Waals surface area (Å²) in [4.78, 5) is 71.0. The first-order valence-electron chi connectivity index (χ1n) is 28.4. The van der Waals surface area contributed by atoms with Gasteiger partial charge in [0.1, 0.15) is 0 Å². The van der Waals surface area contributed by atoms with Crippen molar-refractivity contribution in [3.05, 3.63) is 362 Å². The predicted octanol–water partition coefficient (Wildman–Crippen LogP) is 13.7. The Morgan fingerprint density at radius 2 is 0.670 bits per heavy atom. The van der Waals surface area contributed by atoms with Crippen molar-refractivity contribution in [3.63, 3.8) is 0 Å². The number of nitrogens with zero attached hydrogens (tertiary/aromatic N) is 2. The van der Waals surface area contributed by atoms with Crippen molar-refractivity contribution >= 4 is 35.4 Å². The lowest BCUT2D eigenvalue weighted by molar-refractivity contribution is -0.128. The van der Waals surface area contributed by atoms with Crippen molar-refractivity contribution in [2.45, 2.75) is 66.1 Å². The maximum Gasteiger partial charge on any atom is 0.249 e. The maximum absolute atomic E-state index is 12.3. The van der Waals surface area contributed by atoms with Gasteiger partial charge in [0.25, 0.3) is 0 Å². The third kappa shape index (κ3) is 30.0. The number of amides is 6. The van der Waals surface area contributed by atoms with Crippen LogP contribution in [0, 0.1) is 0 Å². The molecule has 0 saturated carbocycles. The molecule has 6 amide bonds. The minimum Gasteiger partial charge on any atom is -0.366 e. The number of nitrogens with two attached hydrogens (primary N) is 1. The molecule has 0 saturated heterocycles. The fourth-order valence-electron chi connectivity index (χ4n) is 7.66. The molecule has 12 nitrogen and oxygen atoms in total. The Balaban J connectivity index is 0.000000284. The molecule has 0 unspecified atom stereocenters. The van der Waals surface area contributed by atoms with Gasteiger partial charge >= 0.3 is 0 Å². The molecular weight excluding hydrogens is 1090 g/mol. The first-order valence-corrected chi connectivity index (χ1v) is 28.4. The highest BCUT2D eigenvalue weighted by Crippen LogP contribution is 2.22. The normalized spacial score (nSPS) is 9.59. The average Bonchev–Trinajstić information content (AvgIpc) is 3.16. The molecule has 0 aromatic heterocycles. The highest BCUT2D eigenvalue weighted by atomic mass is 16.2. The first kappa shape index (κ1) is 71.3. The monoisotopic (exact) mass is 1170 g/mol. The molecule has 0 aliphatic heterocycles. The zero-order chi connectivity index (χ0) is 64.3. The Kier molecular flexibility index (Phi) is 34.0. The van der Waals surface area contributed by atoms with E-state index in [1.54, 1.807) is 25.7 Å². The molecule has 0 bridgehead atoms. The van der Waals surface area contributed by atoms with Crippen LogP contribution in [0.5, 0.6) is 0 Å². The SMILES string of the molecule is C=C(C)C(=O)N(Cc1ccccc1)Cc1ccccc1.C=C(C)C(=O)NCc1ccccc1.C=C(C)C(N)=O.C=CC(=O)N(Cc1ccccc1)Cc1ccccc1.C=CC(=O)NC(c1ccccc1)c1ccccc1.C=CC(=O)NCc1ccccc1. The van der Waals surface area contributed by atoms with Gasteiger partial charge in [-0.3, -0.25) is 28.8 Å². The van der Waals surface area contributed by atoms with E-state index in [1.165, 1.54) is 18.2 Å². The third-order valence-corrected chi connectivity index (χ3v) is 12.3. The topological polar surface area (TPSA) is 171 Å². The summed E-state index contributed by atoms with van der Waals surface area (Å²) < 4.78 is 0. The lowest BCUT2D eigenvalue weighted by Crippen LogP contribution is -2.30. The molecule has 8 aromatic carbocycles. The maximum atomic E-state index is 12.3. The van der Waals surface area contributed by atoms with Gasteiger partial charge < -0.3 is 31.5 Å². The number of hydrogen-bond acceptors (Lipinski definition) is 6. The van der Waals surface area contributed by atoms with Gasteiger partial charge in [0.05, 0.1) is 6.04 Å². The molecule has 0 atom stereocenters. The van der Waals surface area contributed by atoms with E-state index in [1.807, 2.05) is 248 Å². The molecule has 0 aliphatic carbocycles. The summed E-state index contributed by atoms with van der Waals surface area (Å²) in [5.41, 5.74) is 15.0. The second kappa shape index (κ2) is 41.9. The van der Waals surface area contributed by atoms with Crippen LogP contribution in [0.4, 0.5) is 0 Å². The van der Waals surface area contributed by atoms with Crippen LogP contribution in [0.15, 0.2) is 317 Å². The van der Waals surface area contributed by atoms with Crippen molar-refractivity contribution in [2.24, 2.45) is 5.73 Å². The first-order chi connectivity index (χ1) is 42.4.